The van der Waals surface area contributed by atoms with Crippen LogP contribution in [0.3, 0.4) is 0 Å². The maximum atomic E-state index is 14.2. The molecule has 2 aliphatic carbocycles. The molecule has 79 heavy (non-hydrogen) atoms. The molecule has 12 rings (SSSR count). The first-order valence-corrected chi connectivity index (χ1v) is 27.5. The Morgan fingerprint density at radius 2 is 0.671 bits per heavy atom. The second kappa shape index (κ2) is 18.9. The first-order chi connectivity index (χ1) is 37.7. The molecule has 0 aromatic heterocycles. The number of fused-ring (bicyclic) bond motifs is 9. The fraction of sp³-hybridized carbons (Fsp3) is 0.189. The number of alkyl halides is 3. The molecule has 0 atom stereocenters. The van der Waals surface area contributed by atoms with Crippen molar-refractivity contribution in [1.82, 2.24) is 0 Å². The molecule has 2 nitrogen and oxygen atoms in total. The Kier molecular flexibility index (Phi) is 12.3. The van der Waals surface area contributed by atoms with Crippen molar-refractivity contribution in [2.24, 2.45) is 0 Å². The summed E-state index contributed by atoms with van der Waals surface area (Å²) in [6.07, 6.45) is -4.47. The van der Waals surface area contributed by atoms with E-state index in [-0.39, 0.29) is 16.2 Å². The number of aryl methyl sites for hydroxylation is 1. The summed E-state index contributed by atoms with van der Waals surface area (Å²) >= 11 is 0. The van der Waals surface area contributed by atoms with Crippen molar-refractivity contribution in [3.8, 4) is 33.4 Å². The van der Waals surface area contributed by atoms with E-state index in [9.17, 15) is 13.2 Å². The van der Waals surface area contributed by atoms with Crippen LogP contribution in [-0.2, 0) is 27.8 Å². The Morgan fingerprint density at radius 1 is 0.316 bits per heavy atom. The van der Waals surface area contributed by atoms with Gasteiger partial charge in [0.25, 0.3) is 0 Å². The second-order valence-electron chi connectivity index (χ2n) is 24.2. The molecule has 0 unspecified atom stereocenters. The van der Waals surface area contributed by atoms with Gasteiger partial charge in [0.05, 0.1) is 11.0 Å². The molecule has 0 radical (unpaired) electrons. The Balaban J connectivity index is 1.13. The molecule has 0 bridgehead atoms. The lowest BCUT2D eigenvalue weighted by molar-refractivity contribution is -0.137. The summed E-state index contributed by atoms with van der Waals surface area (Å²) in [5.41, 5.74) is 20.8. The maximum absolute atomic E-state index is 14.2. The standard InChI is InChI=1S/C74H65F3N2/c1-48-20-14-21-49(40-48)51-23-16-28-56(42-51)78(58-30-18-25-53(44-58)70(2,3)4)60-36-38-64-62(46-60)63-47-61(37-39-65(63)73(64)68-34-12-10-32-66(68)72(8,9)67-33-11-13-35-69(67)73)79(59-31-19-26-54(45-59)71(5,6)7)57-29-17-24-52(43-57)50-22-15-27-55(41-50)74(75,76)77/h10-47H,1-9H3. The zero-order valence-electron chi connectivity index (χ0n) is 46.5. The van der Waals surface area contributed by atoms with E-state index < -0.39 is 17.2 Å². The van der Waals surface area contributed by atoms with E-state index in [4.69, 9.17) is 0 Å². The fourth-order valence-electron chi connectivity index (χ4n) is 12.6. The van der Waals surface area contributed by atoms with Gasteiger partial charge in [-0.15, -0.1) is 0 Å². The van der Waals surface area contributed by atoms with Gasteiger partial charge in [0.2, 0.25) is 0 Å². The van der Waals surface area contributed by atoms with Crippen LogP contribution in [-0.4, -0.2) is 0 Å². The van der Waals surface area contributed by atoms with Crippen LogP contribution in [0.5, 0.6) is 0 Å². The van der Waals surface area contributed by atoms with Crippen LogP contribution >= 0.6 is 0 Å². The van der Waals surface area contributed by atoms with Crippen LogP contribution < -0.4 is 9.80 Å². The van der Waals surface area contributed by atoms with Gasteiger partial charge in [0.15, 0.2) is 0 Å². The number of benzene rings is 10. The van der Waals surface area contributed by atoms with Gasteiger partial charge in [-0.3, -0.25) is 0 Å². The van der Waals surface area contributed by atoms with E-state index in [1.165, 1.54) is 62.2 Å². The predicted octanol–water partition coefficient (Wildman–Crippen LogP) is 20.9. The molecule has 10 aromatic rings. The predicted molar refractivity (Wildman–Crippen MR) is 323 cm³/mol. The SMILES string of the molecule is Cc1cccc(-c2cccc(N(c3cccc(C(C)(C)C)c3)c3ccc4c(c3)-c3cc(N(c5cccc(-c6cccc(C(F)(F)F)c6)c5)c5cccc(C(C)(C)C)c5)ccc3C43c4ccccc4C(C)(C)c4ccccc43)c2)c1. The zero-order valence-corrected chi connectivity index (χ0v) is 46.5. The summed E-state index contributed by atoms with van der Waals surface area (Å²) in [6.45, 7) is 20.3. The zero-order chi connectivity index (χ0) is 55.2. The third-order valence-corrected chi connectivity index (χ3v) is 16.7. The number of hydrogen-bond acceptors (Lipinski definition) is 2. The minimum Gasteiger partial charge on any atom is -0.310 e. The van der Waals surface area contributed by atoms with Crippen LogP contribution in [0, 0.1) is 6.92 Å². The Labute approximate surface area is 464 Å². The number of hydrogen-bond donors (Lipinski definition) is 0. The lowest BCUT2D eigenvalue weighted by Gasteiger charge is -2.46. The lowest BCUT2D eigenvalue weighted by Crippen LogP contribution is -2.40. The van der Waals surface area contributed by atoms with Crippen molar-refractivity contribution in [3.05, 3.63) is 286 Å². The highest BCUT2D eigenvalue weighted by molar-refractivity contribution is 5.94. The maximum Gasteiger partial charge on any atom is 0.416 e. The molecule has 2 aliphatic rings. The summed E-state index contributed by atoms with van der Waals surface area (Å²) in [7, 11) is 0. The molecule has 0 aliphatic heterocycles. The lowest BCUT2D eigenvalue weighted by atomic mass is 9.55. The summed E-state index contributed by atoms with van der Waals surface area (Å²) in [4.78, 5) is 4.69. The van der Waals surface area contributed by atoms with Gasteiger partial charge in [0.1, 0.15) is 0 Å². The van der Waals surface area contributed by atoms with Crippen LogP contribution in [0.25, 0.3) is 33.4 Å². The third kappa shape index (κ3) is 8.84. The van der Waals surface area contributed by atoms with Gasteiger partial charge >= 0.3 is 6.18 Å². The van der Waals surface area contributed by atoms with Crippen LogP contribution in [0.4, 0.5) is 47.3 Å². The molecule has 392 valence electrons. The number of nitrogens with zero attached hydrogens (tertiary/aromatic N) is 2. The molecular weight excluding hydrogens is 974 g/mol. The van der Waals surface area contributed by atoms with Crippen molar-refractivity contribution in [1.29, 1.82) is 0 Å². The van der Waals surface area contributed by atoms with Crippen LogP contribution in [0.1, 0.15) is 111 Å². The number of rotatable bonds is 8. The molecule has 0 saturated heterocycles. The average Bonchev–Trinajstić information content (AvgIpc) is 3.99. The van der Waals surface area contributed by atoms with E-state index in [0.717, 1.165) is 62.4 Å². The quantitative estimate of drug-likeness (QED) is 0.150. The minimum atomic E-state index is -4.47. The van der Waals surface area contributed by atoms with E-state index in [2.05, 4.69) is 260 Å². The van der Waals surface area contributed by atoms with E-state index >= 15 is 0 Å². The van der Waals surface area contributed by atoms with E-state index in [1.807, 2.05) is 18.2 Å². The topological polar surface area (TPSA) is 6.48 Å². The van der Waals surface area contributed by atoms with Gasteiger partial charge in [0, 0.05) is 39.5 Å². The second-order valence-corrected chi connectivity index (χ2v) is 24.2. The van der Waals surface area contributed by atoms with E-state index in [0.29, 0.717) is 11.1 Å². The molecule has 0 N–H and O–H groups in total. The third-order valence-electron chi connectivity index (χ3n) is 16.7. The first kappa shape index (κ1) is 51.4. The molecular formula is C74H65F3N2. The van der Waals surface area contributed by atoms with Crippen molar-refractivity contribution >= 4 is 34.1 Å². The van der Waals surface area contributed by atoms with Crippen LogP contribution in [0.15, 0.2) is 231 Å². The monoisotopic (exact) mass is 1040 g/mol. The summed E-state index contributed by atoms with van der Waals surface area (Å²) in [5.74, 6) is 0. The average molecular weight is 1040 g/mol. The first-order valence-electron chi connectivity index (χ1n) is 27.5. The summed E-state index contributed by atoms with van der Waals surface area (Å²) in [6, 6.07) is 81.0. The molecule has 0 heterocycles. The summed E-state index contributed by atoms with van der Waals surface area (Å²) in [5, 5.41) is 0. The Hall–Kier alpha value is -8.41. The highest BCUT2D eigenvalue weighted by Gasteiger charge is 2.53. The Morgan fingerprint density at radius 3 is 1.10 bits per heavy atom. The molecule has 10 aromatic carbocycles. The van der Waals surface area contributed by atoms with Crippen LogP contribution in [0.2, 0.25) is 0 Å². The molecule has 1 spiro atoms. The highest BCUT2D eigenvalue weighted by Crippen LogP contribution is 2.63. The fourth-order valence-corrected chi connectivity index (χ4v) is 12.6. The van der Waals surface area contributed by atoms with Gasteiger partial charge in [-0.2, -0.15) is 13.2 Å². The number of halogens is 3. The normalized spacial score (nSPS) is 14.0. The largest absolute Gasteiger partial charge is 0.416 e. The van der Waals surface area contributed by atoms with Gasteiger partial charge in [-0.25, -0.2) is 0 Å². The van der Waals surface area contributed by atoms with Crippen molar-refractivity contribution in [2.45, 2.75) is 90.1 Å². The molecule has 0 amide bonds. The van der Waals surface area contributed by atoms with Gasteiger partial charge in [-0.05, 0) is 181 Å². The summed E-state index contributed by atoms with van der Waals surface area (Å²) < 4.78 is 42.6. The molecule has 0 fully saturated rings. The van der Waals surface area contributed by atoms with Crippen molar-refractivity contribution in [3.63, 3.8) is 0 Å². The van der Waals surface area contributed by atoms with Crippen molar-refractivity contribution in [2.75, 3.05) is 9.80 Å². The van der Waals surface area contributed by atoms with Gasteiger partial charge < -0.3 is 9.80 Å². The van der Waals surface area contributed by atoms with Gasteiger partial charge in [-0.1, -0.05) is 207 Å². The minimum absolute atomic E-state index is 0.0921. The Bertz CT molecular complexity index is 3950. The highest BCUT2D eigenvalue weighted by atomic mass is 19.4. The smallest absolute Gasteiger partial charge is 0.310 e. The molecule has 0 saturated carbocycles. The molecule has 5 heteroatoms. The van der Waals surface area contributed by atoms with Crippen molar-refractivity contribution < 1.29 is 13.2 Å². The number of anilines is 6. The van der Waals surface area contributed by atoms with E-state index in [1.54, 1.807) is 6.07 Å².